The molecule has 6 nitrogen and oxygen atoms in total. The van der Waals surface area contributed by atoms with E-state index >= 15 is 0 Å². The number of rotatable bonds is 3. The Bertz CT molecular complexity index is 316. The molecule has 2 unspecified atom stereocenters. The molecule has 2 N–H and O–H groups in total. The second-order valence-corrected chi connectivity index (χ2v) is 4.65. The van der Waals surface area contributed by atoms with Gasteiger partial charge in [0, 0.05) is 32.8 Å². The molecule has 2 saturated heterocycles. The van der Waals surface area contributed by atoms with Crippen molar-refractivity contribution < 1.29 is 14.3 Å². The summed E-state index contributed by atoms with van der Waals surface area (Å²) in [4.78, 5) is 25.9. The number of nitrogens with one attached hydrogen (secondary N) is 2. The van der Waals surface area contributed by atoms with Gasteiger partial charge in [0.2, 0.25) is 5.91 Å². The van der Waals surface area contributed by atoms with Gasteiger partial charge >= 0.3 is 0 Å². The minimum Gasteiger partial charge on any atom is -0.368 e. The van der Waals surface area contributed by atoms with E-state index in [1.807, 2.05) is 6.92 Å². The van der Waals surface area contributed by atoms with E-state index in [4.69, 9.17) is 4.74 Å². The Labute approximate surface area is 107 Å². The molecule has 2 aliphatic rings. The molecule has 6 heteroatoms. The van der Waals surface area contributed by atoms with E-state index in [1.54, 1.807) is 4.90 Å². The normalized spacial score (nSPS) is 28.2. The van der Waals surface area contributed by atoms with E-state index in [2.05, 4.69) is 10.6 Å². The first-order chi connectivity index (χ1) is 8.74. The number of hydrogen-bond acceptors (Lipinski definition) is 4. The molecule has 0 bridgehead atoms. The summed E-state index contributed by atoms with van der Waals surface area (Å²) in [7, 11) is 0. The lowest BCUT2D eigenvalue weighted by Gasteiger charge is -2.36. The summed E-state index contributed by atoms with van der Waals surface area (Å²) in [5.41, 5.74) is 0. The molecule has 0 aliphatic carbocycles. The van der Waals surface area contributed by atoms with Gasteiger partial charge in [-0.05, 0) is 19.8 Å². The van der Waals surface area contributed by atoms with E-state index in [9.17, 15) is 9.59 Å². The standard InChI is InChI=1S/C12H21N3O3/c1-2-14-11(16)9-8-13-5-6-15(9)12(17)10-4-3-7-18-10/h9-10,13H,2-8H2,1H3,(H,14,16). The molecule has 2 atom stereocenters. The highest BCUT2D eigenvalue weighted by atomic mass is 16.5. The second kappa shape index (κ2) is 6.15. The fourth-order valence-electron chi connectivity index (χ4n) is 2.45. The SMILES string of the molecule is CCNC(=O)C1CNCCN1C(=O)C1CCCO1. The molecule has 2 rings (SSSR count). The highest BCUT2D eigenvalue weighted by Gasteiger charge is 2.36. The van der Waals surface area contributed by atoms with Crippen molar-refractivity contribution in [2.24, 2.45) is 0 Å². The van der Waals surface area contributed by atoms with Crippen LogP contribution in [0.3, 0.4) is 0 Å². The molecule has 0 spiro atoms. The lowest BCUT2D eigenvalue weighted by molar-refractivity contribution is -0.148. The number of nitrogens with zero attached hydrogens (tertiary/aromatic N) is 1. The zero-order valence-electron chi connectivity index (χ0n) is 10.8. The van der Waals surface area contributed by atoms with Gasteiger partial charge in [-0.3, -0.25) is 9.59 Å². The molecule has 0 saturated carbocycles. The third-order valence-corrected chi connectivity index (χ3v) is 3.39. The average molecular weight is 255 g/mol. The molecular formula is C12H21N3O3. The second-order valence-electron chi connectivity index (χ2n) is 4.65. The van der Waals surface area contributed by atoms with Gasteiger partial charge in [-0.15, -0.1) is 0 Å². The maximum atomic E-state index is 12.3. The van der Waals surface area contributed by atoms with E-state index in [1.165, 1.54) is 0 Å². The molecule has 2 amide bonds. The zero-order chi connectivity index (χ0) is 13.0. The van der Waals surface area contributed by atoms with Gasteiger partial charge in [0.05, 0.1) is 0 Å². The molecule has 2 aliphatic heterocycles. The van der Waals surface area contributed by atoms with Gasteiger partial charge in [0.25, 0.3) is 5.91 Å². The van der Waals surface area contributed by atoms with Crippen LogP contribution in [0.25, 0.3) is 0 Å². The molecular weight excluding hydrogens is 234 g/mol. The summed E-state index contributed by atoms with van der Waals surface area (Å²) in [5.74, 6) is -0.124. The summed E-state index contributed by atoms with van der Waals surface area (Å²) < 4.78 is 5.41. The predicted octanol–water partition coefficient (Wildman–Crippen LogP) is -0.898. The first-order valence-electron chi connectivity index (χ1n) is 6.64. The van der Waals surface area contributed by atoms with Crippen molar-refractivity contribution >= 4 is 11.8 Å². The Balaban J connectivity index is 2.02. The average Bonchev–Trinajstić information content (AvgIpc) is 2.92. The summed E-state index contributed by atoms with van der Waals surface area (Å²) in [6.07, 6.45) is 1.35. The predicted molar refractivity (Wildman–Crippen MR) is 66.0 cm³/mol. The zero-order valence-corrected chi connectivity index (χ0v) is 10.8. The topological polar surface area (TPSA) is 70.7 Å². The van der Waals surface area contributed by atoms with Crippen molar-refractivity contribution in [2.45, 2.75) is 31.9 Å². The maximum Gasteiger partial charge on any atom is 0.252 e. The third kappa shape index (κ3) is 2.81. The Kier molecular flexibility index (Phi) is 4.54. The maximum absolute atomic E-state index is 12.3. The lowest BCUT2D eigenvalue weighted by atomic mass is 10.1. The van der Waals surface area contributed by atoms with Crippen molar-refractivity contribution in [2.75, 3.05) is 32.8 Å². The van der Waals surface area contributed by atoms with Crippen LogP contribution in [0.15, 0.2) is 0 Å². The van der Waals surface area contributed by atoms with Gasteiger partial charge in [-0.1, -0.05) is 0 Å². The van der Waals surface area contributed by atoms with Crippen molar-refractivity contribution in [3.63, 3.8) is 0 Å². The van der Waals surface area contributed by atoms with Gasteiger partial charge in [-0.25, -0.2) is 0 Å². The molecule has 0 aromatic rings. The fraction of sp³-hybridized carbons (Fsp3) is 0.833. The van der Waals surface area contributed by atoms with Gasteiger partial charge in [0.1, 0.15) is 12.1 Å². The van der Waals surface area contributed by atoms with Crippen LogP contribution in [-0.2, 0) is 14.3 Å². The van der Waals surface area contributed by atoms with Crippen LogP contribution in [0, 0.1) is 0 Å². The number of amides is 2. The number of ether oxygens (including phenoxy) is 1. The first-order valence-corrected chi connectivity index (χ1v) is 6.64. The summed E-state index contributed by atoms with van der Waals surface area (Å²) >= 11 is 0. The lowest BCUT2D eigenvalue weighted by Crippen LogP contribution is -2.61. The van der Waals surface area contributed by atoms with E-state index in [0.29, 0.717) is 26.2 Å². The van der Waals surface area contributed by atoms with Gasteiger partial charge < -0.3 is 20.3 Å². The minimum absolute atomic E-state index is 0.0368. The van der Waals surface area contributed by atoms with Crippen LogP contribution >= 0.6 is 0 Å². The molecule has 0 radical (unpaired) electrons. The minimum atomic E-state index is -0.407. The quantitative estimate of drug-likeness (QED) is 0.686. The number of likely N-dealkylation sites (N-methyl/N-ethyl adjacent to an activating group) is 1. The van der Waals surface area contributed by atoms with Crippen molar-refractivity contribution in [3.05, 3.63) is 0 Å². The van der Waals surface area contributed by atoms with Gasteiger partial charge in [0.15, 0.2) is 0 Å². The van der Waals surface area contributed by atoms with Crippen molar-refractivity contribution in [1.29, 1.82) is 0 Å². The smallest absolute Gasteiger partial charge is 0.252 e. The molecule has 18 heavy (non-hydrogen) atoms. The largest absolute Gasteiger partial charge is 0.368 e. The number of carbonyl (C=O) groups excluding carboxylic acids is 2. The Morgan fingerprint density at radius 3 is 3.00 bits per heavy atom. The molecule has 2 fully saturated rings. The molecule has 0 aromatic carbocycles. The van der Waals surface area contributed by atoms with Crippen LogP contribution in [0.1, 0.15) is 19.8 Å². The summed E-state index contributed by atoms with van der Waals surface area (Å²) in [6, 6.07) is -0.407. The van der Waals surface area contributed by atoms with E-state index in [0.717, 1.165) is 19.4 Å². The van der Waals surface area contributed by atoms with Crippen LogP contribution < -0.4 is 10.6 Å². The van der Waals surface area contributed by atoms with Crippen LogP contribution in [0.4, 0.5) is 0 Å². The highest BCUT2D eigenvalue weighted by molar-refractivity contribution is 5.90. The highest BCUT2D eigenvalue weighted by Crippen LogP contribution is 2.17. The summed E-state index contributed by atoms with van der Waals surface area (Å²) in [5, 5.41) is 5.93. The first kappa shape index (κ1) is 13.3. The van der Waals surface area contributed by atoms with Gasteiger partial charge in [-0.2, -0.15) is 0 Å². The molecule has 0 aromatic heterocycles. The van der Waals surface area contributed by atoms with E-state index in [-0.39, 0.29) is 17.9 Å². The monoisotopic (exact) mass is 255 g/mol. The van der Waals surface area contributed by atoms with E-state index < -0.39 is 6.04 Å². The van der Waals surface area contributed by atoms with Crippen LogP contribution in [-0.4, -0.2) is 61.6 Å². The molecule has 2 heterocycles. The number of hydrogen-bond donors (Lipinski definition) is 2. The van der Waals surface area contributed by atoms with Crippen LogP contribution in [0.5, 0.6) is 0 Å². The molecule has 102 valence electrons. The Hall–Kier alpha value is -1.14. The number of carbonyl (C=O) groups is 2. The third-order valence-electron chi connectivity index (χ3n) is 3.39. The Morgan fingerprint density at radius 1 is 1.50 bits per heavy atom. The number of piperazine rings is 1. The van der Waals surface area contributed by atoms with Crippen molar-refractivity contribution in [3.8, 4) is 0 Å². The van der Waals surface area contributed by atoms with Crippen molar-refractivity contribution in [1.82, 2.24) is 15.5 Å². The fourth-order valence-corrected chi connectivity index (χ4v) is 2.45. The summed E-state index contributed by atoms with van der Waals surface area (Å²) in [6.45, 7) is 4.92. The van der Waals surface area contributed by atoms with Crippen LogP contribution in [0.2, 0.25) is 0 Å². The Morgan fingerprint density at radius 2 is 2.33 bits per heavy atom.